The largest absolute Gasteiger partial charge is 0.496 e. The summed E-state index contributed by atoms with van der Waals surface area (Å²) in [6.07, 6.45) is 0. The molecule has 0 saturated carbocycles. The van der Waals surface area contributed by atoms with Crippen molar-refractivity contribution in [2.45, 2.75) is 6.54 Å². The van der Waals surface area contributed by atoms with Gasteiger partial charge in [0.05, 0.1) is 24.7 Å². The normalized spacial score (nSPS) is 10.8. The number of rotatable bonds is 6. The fourth-order valence-corrected chi connectivity index (χ4v) is 3.18. The Morgan fingerprint density at radius 3 is 2.59 bits per heavy atom. The lowest BCUT2D eigenvalue weighted by Gasteiger charge is -2.11. The highest BCUT2D eigenvalue weighted by Crippen LogP contribution is 2.28. The highest BCUT2D eigenvalue weighted by Gasteiger charge is 2.14. The molecule has 7 nitrogen and oxygen atoms in total. The van der Waals surface area contributed by atoms with Gasteiger partial charge >= 0.3 is 5.97 Å². The molecule has 0 unspecified atom stereocenters. The van der Waals surface area contributed by atoms with Crippen LogP contribution in [0.3, 0.4) is 0 Å². The molecular formula is C22H19N3O4. The van der Waals surface area contributed by atoms with Crippen LogP contribution in [0.15, 0.2) is 66.7 Å². The number of carbonyl (C=O) groups is 1. The lowest BCUT2D eigenvalue weighted by molar-refractivity contribution is 0.0693. The number of anilines is 1. The molecule has 0 spiro atoms. The van der Waals surface area contributed by atoms with Crippen LogP contribution in [0.25, 0.3) is 11.0 Å². The van der Waals surface area contributed by atoms with Gasteiger partial charge in [0.25, 0.3) is 0 Å². The topological polar surface area (TPSA) is 99.6 Å². The third-order valence-electron chi connectivity index (χ3n) is 4.56. The average Bonchev–Trinajstić information content (AvgIpc) is 3.03. The number of carboxylic acids is 1. The van der Waals surface area contributed by atoms with Crippen molar-refractivity contribution in [2.24, 2.45) is 0 Å². The van der Waals surface area contributed by atoms with Crippen molar-refractivity contribution < 1.29 is 19.4 Å². The smallest absolute Gasteiger partial charge is 0.339 e. The second-order valence-electron chi connectivity index (χ2n) is 6.46. The van der Waals surface area contributed by atoms with Gasteiger partial charge in [-0.05, 0) is 42.0 Å². The van der Waals surface area contributed by atoms with Gasteiger partial charge in [0, 0.05) is 6.07 Å². The van der Waals surface area contributed by atoms with Gasteiger partial charge < -0.3 is 24.9 Å². The van der Waals surface area contributed by atoms with Crippen LogP contribution < -0.4 is 15.2 Å². The highest BCUT2D eigenvalue weighted by molar-refractivity contribution is 5.91. The number of methoxy groups -OCH3 is 1. The zero-order valence-electron chi connectivity index (χ0n) is 15.7. The predicted octanol–water partition coefficient (Wildman–Crippen LogP) is 4.17. The molecule has 1 heterocycles. The Hall–Kier alpha value is -4.00. The summed E-state index contributed by atoms with van der Waals surface area (Å²) < 4.78 is 12.8. The third-order valence-corrected chi connectivity index (χ3v) is 4.56. The minimum atomic E-state index is -1.05. The Balaban J connectivity index is 1.70. The number of para-hydroxylation sites is 1. The Bertz CT molecular complexity index is 1190. The van der Waals surface area contributed by atoms with Crippen LogP contribution in [0.1, 0.15) is 15.9 Å². The Morgan fingerprint density at radius 1 is 1.07 bits per heavy atom. The van der Waals surface area contributed by atoms with E-state index in [0.29, 0.717) is 24.0 Å². The highest BCUT2D eigenvalue weighted by atomic mass is 16.5. The molecule has 1 aromatic heterocycles. The van der Waals surface area contributed by atoms with Crippen molar-refractivity contribution in [1.82, 2.24) is 9.55 Å². The number of imidazole rings is 1. The van der Waals surface area contributed by atoms with E-state index in [0.717, 1.165) is 22.3 Å². The maximum atomic E-state index is 11.5. The Labute approximate surface area is 166 Å². The molecule has 4 rings (SSSR count). The second kappa shape index (κ2) is 7.55. The Kier molecular flexibility index (Phi) is 4.78. The quantitative estimate of drug-likeness (QED) is 0.513. The fraction of sp³-hybridized carbons (Fsp3) is 0.0909. The van der Waals surface area contributed by atoms with Gasteiger partial charge in [-0.15, -0.1) is 0 Å². The van der Waals surface area contributed by atoms with Crippen LogP contribution in [-0.2, 0) is 6.54 Å². The molecule has 4 aromatic rings. The SMILES string of the molecule is COc1ccc(Cn2c(N)nc3ccc(Oc4ccccc4)cc32)cc1C(=O)O. The average molecular weight is 389 g/mol. The molecule has 3 N–H and O–H groups in total. The number of fused-ring (bicyclic) bond motifs is 1. The fourth-order valence-electron chi connectivity index (χ4n) is 3.18. The van der Waals surface area contributed by atoms with E-state index in [-0.39, 0.29) is 5.56 Å². The lowest BCUT2D eigenvalue weighted by atomic mass is 10.1. The van der Waals surface area contributed by atoms with E-state index in [2.05, 4.69) is 4.98 Å². The molecule has 0 radical (unpaired) electrons. The first-order valence-corrected chi connectivity index (χ1v) is 8.94. The molecule has 0 saturated heterocycles. The maximum absolute atomic E-state index is 11.5. The van der Waals surface area contributed by atoms with Gasteiger partial charge in [0.2, 0.25) is 5.95 Å². The van der Waals surface area contributed by atoms with Crippen molar-refractivity contribution in [3.05, 3.63) is 77.9 Å². The van der Waals surface area contributed by atoms with Gasteiger partial charge in [0.1, 0.15) is 22.8 Å². The summed E-state index contributed by atoms with van der Waals surface area (Å²) in [6.45, 7) is 0.362. The molecule has 29 heavy (non-hydrogen) atoms. The van der Waals surface area contributed by atoms with Crippen molar-refractivity contribution in [3.63, 3.8) is 0 Å². The number of benzene rings is 3. The summed E-state index contributed by atoms with van der Waals surface area (Å²) in [4.78, 5) is 15.9. The molecule has 0 bridgehead atoms. The Morgan fingerprint density at radius 2 is 1.86 bits per heavy atom. The molecule has 0 aliphatic heterocycles. The summed E-state index contributed by atoms with van der Waals surface area (Å²) in [7, 11) is 1.44. The molecule has 7 heteroatoms. The molecule has 0 atom stereocenters. The number of nitrogen functional groups attached to an aromatic ring is 1. The first-order valence-electron chi connectivity index (χ1n) is 8.94. The number of hydrogen-bond acceptors (Lipinski definition) is 5. The van der Waals surface area contributed by atoms with E-state index in [1.807, 2.05) is 53.1 Å². The number of hydrogen-bond donors (Lipinski definition) is 2. The third kappa shape index (κ3) is 3.70. The molecular weight excluding hydrogens is 370 g/mol. The van der Waals surface area contributed by atoms with E-state index >= 15 is 0 Å². The van der Waals surface area contributed by atoms with Crippen molar-refractivity contribution in [1.29, 1.82) is 0 Å². The van der Waals surface area contributed by atoms with Crippen LogP contribution in [0.4, 0.5) is 5.95 Å². The summed E-state index contributed by atoms with van der Waals surface area (Å²) >= 11 is 0. The van der Waals surface area contributed by atoms with E-state index in [9.17, 15) is 9.90 Å². The van der Waals surface area contributed by atoms with Crippen LogP contribution in [0.2, 0.25) is 0 Å². The number of carboxylic acid groups (broad SMARTS) is 1. The molecule has 3 aromatic carbocycles. The number of nitrogens with zero attached hydrogens (tertiary/aromatic N) is 2. The second-order valence-corrected chi connectivity index (χ2v) is 6.46. The predicted molar refractivity (Wildman–Crippen MR) is 110 cm³/mol. The lowest BCUT2D eigenvalue weighted by Crippen LogP contribution is -2.07. The van der Waals surface area contributed by atoms with Crippen LogP contribution >= 0.6 is 0 Å². The minimum Gasteiger partial charge on any atom is -0.496 e. The molecule has 0 fully saturated rings. The first kappa shape index (κ1) is 18.4. The van der Waals surface area contributed by atoms with Crippen molar-refractivity contribution in [2.75, 3.05) is 12.8 Å². The van der Waals surface area contributed by atoms with E-state index in [4.69, 9.17) is 15.2 Å². The number of nitrogens with two attached hydrogens (primary N) is 1. The summed E-state index contributed by atoms with van der Waals surface area (Å²) in [5.41, 5.74) is 8.52. The van der Waals surface area contributed by atoms with Gasteiger partial charge in [-0.3, -0.25) is 0 Å². The maximum Gasteiger partial charge on any atom is 0.339 e. The number of ether oxygens (including phenoxy) is 2. The van der Waals surface area contributed by atoms with Crippen molar-refractivity contribution in [3.8, 4) is 17.2 Å². The standard InChI is InChI=1S/C22H19N3O4/c1-28-20-10-7-14(11-17(20)21(26)27)13-25-19-12-16(8-9-18(19)24-22(25)23)29-15-5-3-2-4-6-15/h2-12H,13H2,1H3,(H2,23,24)(H,26,27). The van der Waals surface area contributed by atoms with Gasteiger partial charge in [-0.1, -0.05) is 24.3 Å². The van der Waals surface area contributed by atoms with Gasteiger partial charge in [-0.2, -0.15) is 0 Å². The number of aromatic nitrogens is 2. The summed E-state index contributed by atoms with van der Waals surface area (Å²) in [6, 6.07) is 20.1. The van der Waals surface area contributed by atoms with E-state index < -0.39 is 5.97 Å². The van der Waals surface area contributed by atoms with Gasteiger partial charge in [-0.25, -0.2) is 9.78 Å². The first-order chi connectivity index (χ1) is 14.0. The van der Waals surface area contributed by atoms with E-state index in [1.54, 1.807) is 18.2 Å². The monoisotopic (exact) mass is 389 g/mol. The van der Waals surface area contributed by atoms with Crippen molar-refractivity contribution >= 4 is 23.0 Å². The van der Waals surface area contributed by atoms with Crippen LogP contribution in [0, 0.1) is 0 Å². The molecule has 146 valence electrons. The minimum absolute atomic E-state index is 0.0982. The molecule has 0 aliphatic rings. The van der Waals surface area contributed by atoms with Crippen LogP contribution in [-0.4, -0.2) is 27.7 Å². The summed E-state index contributed by atoms with van der Waals surface area (Å²) in [5.74, 6) is 0.983. The van der Waals surface area contributed by atoms with Crippen LogP contribution in [0.5, 0.6) is 17.2 Å². The van der Waals surface area contributed by atoms with E-state index in [1.165, 1.54) is 7.11 Å². The summed E-state index contributed by atoms with van der Waals surface area (Å²) in [5, 5.41) is 9.41. The number of aromatic carboxylic acids is 1. The zero-order valence-corrected chi connectivity index (χ0v) is 15.7. The van der Waals surface area contributed by atoms with Gasteiger partial charge in [0.15, 0.2) is 0 Å². The zero-order chi connectivity index (χ0) is 20.4. The molecule has 0 amide bonds. The molecule has 0 aliphatic carbocycles.